The molecule has 1 saturated heterocycles. The summed E-state index contributed by atoms with van der Waals surface area (Å²) in [4.78, 5) is 60.0. The van der Waals surface area contributed by atoms with E-state index in [2.05, 4.69) is 26.0 Å². The van der Waals surface area contributed by atoms with E-state index >= 15 is 0 Å². The van der Waals surface area contributed by atoms with Gasteiger partial charge in [-0.25, -0.2) is 4.98 Å². The van der Waals surface area contributed by atoms with Crippen LogP contribution in [-0.2, 0) is 62.6 Å². The molecule has 1 aliphatic rings. The molecule has 7 rings (SSSR count). The third kappa shape index (κ3) is 16.1. The van der Waals surface area contributed by atoms with Crippen molar-refractivity contribution in [2.75, 3.05) is 92.4 Å². The van der Waals surface area contributed by atoms with Crippen LogP contribution in [0.5, 0.6) is 0 Å². The predicted molar refractivity (Wildman–Crippen MR) is 281 cm³/mol. The van der Waals surface area contributed by atoms with E-state index in [9.17, 15) is 37.5 Å². The van der Waals surface area contributed by atoms with Gasteiger partial charge in [-0.3, -0.25) is 28.4 Å². The molecule has 1 aliphatic heterocycles. The zero-order valence-corrected chi connectivity index (χ0v) is 44.7. The summed E-state index contributed by atoms with van der Waals surface area (Å²) in [7, 11) is 1.75. The summed E-state index contributed by atoms with van der Waals surface area (Å²) in [5.74, 6) is -1.65. The highest BCUT2D eigenvalue weighted by Gasteiger charge is 2.44. The van der Waals surface area contributed by atoms with Crippen LogP contribution in [0.2, 0.25) is 0 Å². The summed E-state index contributed by atoms with van der Waals surface area (Å²) in [5, 5.41) is 25.1. The molecule has 0 saturated carbocycles. The number of thiazole rings is 1. The van der Waals surface area contributed by atoms with Gasteiger partial charge in [0.25, 0.3) is 5.91 Å². The third-order valence-corrected chi connectivity index (χ3v) is 13.6. The van der Waals surface area contributed by atoms with Gasteiger partial charge in [0.15, 0.2) is 5.65 Å². The second kappa shape index (κ2) is 27.3. The fraction of sp³-hybridized carbons (Fsp3) is 0.481. The second-order valence-corrected chi connectivity index (χ2v) is 20.3. The first-order valence-corrected chi connectivity index (χ1v) is 26.2. The maximum atomic E-state index is 13.9. The van der Waals surface area contributed by atoms with E-state index in [1.165, 1.54) is 17.0 Å². The van der Waals surface area contributed by atoms with Crippen molar-refractivity contribution < 1.29 is 65.9 Å². The lowest BCUT2D eigenvalue weighted by atomic mass is 9.85. The number of carbonyl (C=O) groups excluding carboxylic acids is 4. The summed E-state index contributed by atoms with van der Waals surface area (Å²) >= 11 is 1.56. The van der Waals surface area contributed by atoms with Gasteiger partial charge in [0.2, 0.25) is 17.7 Å². The zero-order chi connectivity index (χ0) is 55.1. The third-order valence-electron chi connectivity index (χ3n) is 12.6. The number of ether oxygens (including phenoxy) is 6. The first kappa shape index (κ1) is 58.4. The maximum absolute atomic E-state index is 13.9. The Bertz CT molecular complexity index is 2900. The molecule has 4 amide bonds. The first-order chi connectivity index (χ1) is 36.9. The summed E-state index contributed by atoms with van der Waals surface area (Å²) < 4.78 is 76.2. The molecule has 0 radical (unpaired) electrons. The number of rotatable bonds is 28. The molecule has 416 valence electrons. The van der Waals surface area contributed by atoms with E-state index in [1.807, 2.05) is 52.0 Å². The van der Waals surface area contributed by atoms with Gasteiger partial charge in [-0.15, -0.1) is 11.3 Å². The highest BCUT2D eigenvalue weighted by molar-refractivity contribution is 7.13. The number of aliphatic hydroxyl groups excluding tert-OH is 1. The van der Waals surface area contributed by atoms with Crippen molar-refractivity contribution in [2.24, 2.45) is 12.5 Å². The number of hydrogen-bond donors (Lipinski definition) is 4. The van der Waals surface area contributed by atoms with Crippen LogP contribution in [0.25, 0.3) is 38.1 Å². The molecule has 0 spiro atoms. The SMILES string of the molecule is Cc1ncsc1-c1ccc(CNC(=O)[C@@H]2C[C@@H](O)CN2C(=O)[C@@H](NC(=O)COCCOCCOCCOCCOCCOCCNC(=O)c2ccc3c(c2)c2cn(C)nc2n3-c2ccc(C(F)(F)F)cc2)C(C)(C)C)cc1. The molecule has 1 fully saturated rings. The standard InChI is InChI=1S/C54H67F3N8O11S/c1-35-47(77-34-60-35)37-8-6-36(7-9-37)30-59-51(69)45-29-41(66)31-64(45)52(70)48(53(2,3)4)61-46(67)33-76-27-26-75-25-24-74-23-22-73-21-20-72-19-18-71-17-16-58-50(68)38-10-15-44-42(28-38)43-32-63(5)62-49(43)65(44)40-13-11-39(12-14-40)54(55,56)57/h6-15,28,32,34,41,45,48,66H,16-27,29-31,33H2,1-5H3,(H,58,68)(H,59,69)(H,61,67)/t41-,45+,48-/m1/s1. The fourth-order valence-electron chi connectivity index (χ4n) is 8.68. The number of benzene rings is 3. The predicted octanol–water partition coefficient (Wildman–Crippen LogP) is 5.61. The molecule has 77 heavy (non-hydrogen) atoms. The normalized spacial score (nSPS) is 15.4. The van der Waals surface area contributed by atoms with E-state index in [0.717, 1.165) is 44.6 Å². The number of halogens is 3. The number of fused-ring (bicyclic) bond motifs is 3. The molecule has 19 nitrogen and oxygen atoms in total. The molecule has 4 N–H and O–H groups in total. The zero-order valence-electron chi connectivity index (χ0n) is 43.9. The Hall–Kier alpha value is -6.31. The van der Waals surface area contributed by atoms with Crippen molar-refractivity contribution in [1.82, 2.24) is 40.2 Å². The molecule has 4 heterocycles. The minimum absolute atomic E-state index is 0.0319. The van der Waals surface area contributed by atoms with Gasteiger partial charge in [-0.05, 0) is 65.9 Å². The highest BCUT2D eigenvalue weighted by atomic mass is 32.1. The summed E-state index contributed by atoms with van der Waals surface area (Å²) in [6, 6.07) is 16.0. The average molecular weight is 1090 g/mol. The largest absolute Gasteiger partial charge is 0.416 e. The van der Waals surface area contributed by atoms with Crippen LogP contribution in [0.1, 0.15) is 54.4 Å². The number of hydrogen-bond acceptors (Lipinski definition) is 14. The molecule has 3 aromatic carbocycles. The second-order valence-electron chi connectivity index (χ2n) is 19.5. The van der Waals surface area contributed by atoms with Crippen molar-refractivity contribution >= 4 is 56.9 Å². The number of likely N-dealkylation sites (tertiary alicyclic amines) is 1. The van der Waals surface area contributed by atoms with Crippen LogP contribution < -0.4 is 16.0 Å². The smallest absolute Gasteiger partial charge is 0.391 e. The summed E-state index contributed by atoms with van der Waals surface area (Å²) in [6.07, 6.45) is -3.45. The van der Waals surface area contributed by atoms with E-state index in [4.69, 9.17) is 28.4 Å². The number of carbonyl (C=O) groups is 4. The number of aliphatic hydroxyl groups is 1. The number of alkyl halides is 3. The number of β-amino-alcohol motifs (C(OH)–C–C–N with tert-alkyl or cyclic N) is 1. The van der Waals surface area contributed by atoms with E-state index < -0.39 is 47.2 Å². The van der Waals surface area contributed by atoms with Crippen molar-refractivity contribution in [2.45, 2.75) is 65.0 Å². The van der Waals surface area contributed by atoms with Crippen LogP contribution in [0, 0.1) is 12.3 Å². The minimum Gasteiger partial charge on any atom is -0.391 e. The molecule has 0 bridgehead atoms. The summed E-state index contributed by atoms with van der Waals surface area (Å²) in [6.45, 7) is 10.9. The monoisotopic (exact) mass is 1090 g/mol. The van der Waals surface area contributed by atoms with Gasteiger partial charge >= 0.3 is 6.18 Å². The van der Waals surface area contributed by atoms with Crippen molar-refractivity contribution in [3.8, 4) is 16.1 Å². The Balaban J connectivity index is 0.682. The molecule has 3 aromatic heterocycles. The van der Waals surface area contributed by atoms with Crippen molar-refractivity contribution in [1.29, 1.82) is 0 Å². The molecule has 0 aliphatic carbocycles. The lowest BCUT2D eigenvalue weighted by Gasteiger charge is -2.35. The lowest BCUT2D eigenvalue weighted by molar-refractivity contribution is -0.144. The van der Waals surface area contributed by atoms with Gasteiger partial charge in [-0.1, -0.05) is 45.0 Å². The van der Waals surface area contributed by atoms with Gasteiger partial charge in [0, 0.05) is 61.3 Å². The van der Waals surface area contributed by atoms with E-state index in [-0.39, 0.29) is 64.3 Å². The van der Waals surface area contributed by atoms with Crippen molar-refractivity contribution in [3.63, 3.8) is 0 Å². The van der Waals surface area contributed by atoms with Crippen molar-refractivity contribution in [3.05, 3.63) is 101 Å². The Morgan fingerprint density at radius 3 is 1.99 bits per heavy atom. The van der Waals surface area contributed by atoms with E-state index in [1.54, 1.807) is 57.5 Å². The van der Waals surface area contributed by atoms with Crippen LogP contribution in [0.3, 0.4) is 0 Å². The maximum Gasteiger partial charge on any atom is 0.416 e. The Morgan fingerprint density at radius 2 is 1.40 bits per heavy atom. The number of amides is 4. The van der Waals surface area contributed by atoms with Crippen LogP contribution in [0.15, 0.2) is 78.4 Å². The first-order valence-electron chi connectivity index (χ1n) is 25.3. The van der Waals surface area contributed by atoms with Crippen LogP contribution in [-0.4, -0.2) is 164 Å². The van der Waals surface area contributed by atoms with Gasteiger partial charge in [0.1, 0.15) is 18.7 Å². The van der Waals surface area contributed by atoms with Gasteiger partial charge < -0.3 is 54.4 Å². The quantitative estimate of drug-likeness (QED) is 0.0440. The number of nitrogens with one attached hydrogen (secondary N) is 3. The average Bonchev–Trinajstić information content (AvgIpc) is 4.28. The molecular weight excluding hydrogens is 1030 g/mol. The minimum atomic E-state index is -4.45. The molecule has 3 atom stereocenters. The van der Waals surface area contributed by atoms with Crippen LogP contribution >= 0.6 is 11.3 Å². The Labute approximate surface area is 448 Å². The Kier molecular flexibility index (Phi) is 20.7. The lowest BCUT2D eigenvalue weighted by Crippen LogP contribution is -2.58. The fourth-order valence-corrected chi connectivity index (χ4v) is 9.49. The van der Waals surface area contributed by atoms with E-state index in [0.29, 0.717) is 75.3 Å². The molecular formula is C54H67F3N8O11S. The highest BCUT2D eigenvalue weighted by Crippen LogP contribution is 2.35. The number of aromatic nitrogens is 4. The van der Waals surface area contributed by atoms with Gasteiger partial charge in [-0.2, -0.15) is 18.3 Å². The Morgan fingerprint density at radius 1 is 0.792 bits per heavy atom. The molecule has 23 heteroatoms. The topological polar surface area (TPSA) is 219 Å². The number of nitrogens with zero attached hydrogens (tertiary/aromatic N) is 5. The molecule has 0 unspecified atom stereocenters. The number of aryl methyl sites for hydroxylation is 2. The summed E-state index contributed by atoms with van der Waals surface area (Å²) in [5.41, 5.74) is 5.40. The van der Waals surface area contributed by atoms with Crippen LogP contribution in [0.4, 0.5) is 13.2 Å². The van der Waals surface area contributed by atoms with Gasteiger partial charge in [0.05, 0.1) is 106 Å². The molecule has 6 aromatic rings.